The Balaban J connectivity index is 1.31. The minimum absolute atomic E-state index is 0.00375. The summed E-state index contributed by atoms with van der Waals surface area (Å²) in [4.78, 5) is 13.1. The number of benzene rings is 3. The van der Waals surface area contributed by atoms with Crippen molar-refractivity contribution < 1.29 is 19.7 Å². The highest BCUT2D eigenvalue weighted by atomic mass is 16.5. The summed E-state index contributed by atoms with van der Waals surface area (Å²) in [6.45, 7) is 7.00. The summed E-state index contributed by atoms with van der Waals surface area (Å²) in [5, 5.41) is 23.3. The maximum absolute atomic E-state index is 13.1. The third-order valence-corrected chi connectivity index (χ3v) is 9.44. The lowest BCUT2D eigenvalue weighted by atomic mass is 9.64. The smallest absolute Gasteiger partial charge is 0.308 e. The molecule has 0 unspecified atom stereocenters. The van der Waals surface area contributed by atoms with Gasteiger partial charge in [-0.3, -0.25) is 4.79 Å². The molecule has 4 nitrogen and oxygen atoms in total. The fourth-order valence-electron chi connectivity index (χ4n) is 7.10. The summed E-state index contributed by atoms with van der Waals surface area (Å²) in [6.07, 6.45) is 3.53. The standard InChI is InChI=1S/C33H38O4/c1-32(2)28-18-19-33(32,3)30(27-15-9-13-23-12-7-8-14-26(23)27)31(28)37-29(36)21-25(35)20-24(34)17-16-22-10-5-4-6-11-22/h4-17,24-25,28,30-31,34-35H,18-21H2,1-3H3/b17-16+/t24-,25-,28+,30+,31+,33+/m0/s1. The summed E-state index contributed by atoms with van der Waals surface area (Å²) in [5.41, 5.74) is 2.25. The average Bonchev–Trinajstić information content (AvgIpc) is 3.20. The van der Waals surface area contributed by atoms with E-state index in [1.807, 2.05) is 36.4 Å². The molecule has 0 aliphatic heterocycles. The van der Waals surface area contributed by atoms with Crippen LogP contribution in [0.25, 0.3) is 16.8 Å². The largest absolute Gasteiger partial charge is 0.461 e. The van der Waals surface area contributed by atoms with E-state index in [2.05, 4.69) is 63.2 Å². The number of carbonyl (C=O) groups excluding carboxylic acids is 1. The third kappa shape index (κ3) is 4.73. The van der Waals surface area contributed by atoms with Crippen molar-refractivity contribution in [3.8, 4) is 0 Å². The lowest BCUT2D eigenvalue weighted by molar-refractivity contribution is -0.156. The molecule has 0 heterocycles. The Morgan fingerprint density at radius 2 is 1.70 bits per heavy atom. The van der Waals surface area contributed by atoms with Crippen LogP contribution in [-0.4, -0.2) is 34.5 Å². The van der Waals surface area contributed by atoms with Gasteiger partial charge in [-0.05, 0) is 45.6 Å². The van der Waals surface area contributed by atoms with Gasteiger partial charge in [0, 0.05) is 18.3 Å². The lowest BCUT2D eigenvalue weighted by Gasteiger charge is -2.40. The zero-order chi connectivity index (χ0) is 26.2. The first-order chi connectivity index (χ1) is 17.7. The molecule has 2 N–H and O–H groups in total. The molecule has 2 aliphatic rings. The lowest BCUT2D eigenvalue weighted by Crippen LogP contribution is -2.36. The summed E-state index contributed by atoms with van der Waals surface area (Å²) >= 11 is 0. The van der Waals surface area contributed by atoms with Crippen molar-refractivity contribution in [2.45, 2.75) is 70.7 Å². The third-order valence-electron chi connectivity index (χ3n) is 9.44. The molecule has 194 valence electrons. The number of aliphatic hydroxyl groups is 2. The quantitative estimate of drug-likeness (QED) is 0.348. The fraction of sp³-hybridized carbons (Fsp3) is 0.424. The van der Waals surface area contributed by atoms with E-state index in [0.29, 0.717) is 0 Å². The highest BCUT2D eigenvalue weighted by Crippen LogP contribution is 2.72. The molecule has 3 aromatic carbocycles. The molecule has 0 aromatic heterocycles. The molecule has 0 spiro atoms. The molecule has 2 saturated carbocycles. The van der Waals surface area contributed by atoms with Gasteiger partial charge in [0.1, 0.15) is 6.10 Å². The van der Waals surface area contributed by atoms with E-state index in [9.17, 15) is 15.0 Å². The molecule has 0 amide bonds. The average molecular weight is 499 g/mol. The van der Waals surface area contributed by atoms with Crippen LogP contribution in [0.1, 0.15) is 63.5 Å². The zero-order valence-corrected chi connectivity index (χ0v) is 22.0. The molecule has 2 aliphatic carbocycles. The molecule has 5 rings (SSSR count). The van der Waals surface area contributed by atoms with Crippen molar-refractivity contribution in [3.63, 3.8) is 0 Å². The summed E-state index contributed by atoms with van der Waals surface area (Å²) in [6, 6.07) is 24.5. The molecule has 0 saturated heterocycles. The Kier molecular flexibility index (Phi) is 6.99. The molecular weight excluding hydrogens is 460 g/mol. The van der Waals surface area contributed by atoms with Crippen LogP contribution < -0.4 is 0 Å². The Hall–Kier alpha value is -2.95. The van der Waals surface area contributed by atoms with Crippen molar-refractivity contribution >= 4 is 22.8 Å². The van der Waals surface area contributed by atoms with Crippen LogP contribution in [0, 0.1) is 16.7 Å². The number of rotatable bonds is 8. The molecule has 6 atom stereocenters. The summed E-state index contributed by atoms with van der Waals surface area (Å²) in [5.74, 6) is -0.0382. The first kappa shape index (κ1) is 25.7. The van der Waals surface area contributed by atoms with Crippen LogP contribution in [0.5, 0.6) is 0 Å². The second-order valence-electron chi connectivity index (χ2n) is 11.7. The number of fused-ring (bicyclic) bond motifs is 3. The van der Waals surface area contributed by atoms with Crippen LogP contribution in [0.2, 0.25) is 0 Å². The topological polar surface area (TPSA) is 66.8 Å². The second-order valence-corrected chi connectivity index (χ2v) is 11.7. The predicted molar refractivity (Wildman–Crippen MR) is 148 cm³/mol. The van der Waals surface area contributed by atoms with Gasteiger partial charge < -0.3 is 14.9 Å². The van der Waals surface area contributed by atoms with Gasteiger partial charge in [-0.2, -0.15) is 0 Å². The number of esters is 1. The Morgan fingerprint density at radius 3 is 2.49 bits per heavy atom. The van der Waals surface area contributed by atoms with Gasteiger partial charge in [-0.25, -0.2) is 0 Å². The molecule has 4 heteroatoms. The summed E-state index contributed by atoms with van der Waals surface area (Å²) in [7, 11) is 0. The van der Waals surface area contributed by atoms with E-state index in [1.165, 1.54) is 16.3 Å². The first-order valence-electron chi connectivity index (χ1n) is 13.5. The van der Waals surface area contributed by atoms with Crippen LogP contribution >= 0.6 is 0 Å². The van der Waals surface area contributed by atoms with Crippen molar-refractivity contribution in [2.75, 3.05) is 0 Å². The van der Waals surface area contributed by atoms with Gasteiger partial charge in [-0.15, -0.1) is 0 Å². The van der Waals surface area contributed by atoms with Crippen molar-refractivity contribution in [2.24, 2.45) is 16.7 Å². The Bertz CT molecular complexity index is 1270. The van der Waals surface area contributed by atoms with Gasteiger partial charge in [0.25, 0.3) is 0 Å². The van der Waals surface area contributed by atoms with Crippen LogP contribution in [-0.2, 0) is 9.53 Å². The maximum atomic E-state index is 13.1. The number of ether oxygens (including phenoxy) is 1. The van der Waals surface area contributed by atoms with Crippen molar-refractivity contribution in [1.29, 1.82) is 0 Å². The molecule has 3 aromatic rings. The van der Waals surface area contributed by atoms with E-state index in [-0.39, 0.29) is 41.6 Å². The van der Waals surface area contributed by atoms with E-state index in [1.54, 1.807) is 6.08 Å². The molecule has 2 bridgehead atoms. The van der Waals surface area contributed by atoms with Gasteiger partial charge in [-0.1, -0.05) is 106 Å². The van der Waals surface area contributed by atoms with Crippen molar-refractivity contribution in [3.05, 3.63) is 90.0 Å². The molecule has 37 heavy (non-hydrogen) atoms. The minimum Gasteiger partial charge on any atom is -0.461 e. The minimum atomic E-state index is -0.971. The highest BCUT2D eigenvalue weighted by molar-refractivity contribution is 5.86. The zero-order valence-electron chi connectivity index (χ0n) is 22.0. The fourth-order valence-corrected chi connectivity index (χ4v) is 7.10. The van der Waals surface area contributed by atoms with Gasteiger partial charge in [0.15, 0.2) is 0 Å². The van der Waals surface area contributed by atoms with Crippen molar-refractivity contribution in [1.82, 2.24) is 0 Å². The SMILES string of the molecule is CC1(C)[C@@H]2CC[C@]1(C)[C@H](c1cccc3ccccc13)[C@@H]2OC(=O)C[C@@H](O)C[C@@H](O)/C=C/c1ccccc1. The van der Waals surface area contributed by atoms with Gasteiger partial charge in [0.2, 0.25) is 0 Å². The number of aliphatic hydroxyl groups excluding tert-OH is 2. The van der Waals surface area contributed by atoms with E-state index in [0.717, 1.165) is 18.4 Å². The molecule has 2 fully saturated rings. The van der Waals surface area contributed by atoms with Crippen LogP contribution in [0.3, 0.4) is 0 Å². The van der Waals surface area contributed by atoms with E-state index >= 15 is 0 Å². The molecular formula is C33H38O4. The predicted octanol–water partition coefficient (Wildman–Crippen LogP) is 6.51. The first-order valence-corrected chi connectivity index (χ1v) is 13.5. The molecule has 0 radical (unpaired) electrons. The van der Waals surface area contributed by atoms with Gasteiger partial charge >= 0.3 is 5.97 Å². The van der Waals surface area contributed by atoms with E-state index in [4.69, 9.17) is 4.74 Å². The Labute approximate surface area is 220 Å². The number of carbonyl (C=O) groups is 1. The maximum Gasteiger partial charge on any atom is 0.308 e. The highest BCUT2D eigenvalue weighted by Gasteiger charge is 2.67. The number of hydrogen-bond donors (Lipinski definition) is 2. The van der Waals surface area contributed by atoms with E-state index < -0.39 is 18.2 Å². The van der Waals surface area contributed by atoms with Gasteiger partial charge in [0.05, 0.1) is 18.6 Å². The van der Waals surface area contributed by atoms with Crippen LogP contribution in [0.15, 0.2) is 78.9 Å². The Morgan fingerprint density at radius 1 is 1.00 bits per heavy atom. The number of hydrogen-bond acceptors (Lipinski definition) is 4. The van der Waals surface area contributed by atoms with Crippen LogP contribution in [0.4, 0.5) is 0 Å². The summed E-state index contributed by atoms with van der Waals surface area (Å²) < 4.78 is 6.24. The second kappa shape index (κ2) is 10.1. The normalized spacial score (nSPS) is 28.0. The monoisotopic (exact) mass is 498 g/mol.